The maximum absolute atomic E-state index is 12.0. The molecule has 1 fully saturated rings. The van der Waals surface area contributed by atoms with Gasteiger partial charge in [0, 0.05) is 26.2 Å². The molecule has 2 N–H and O–H groups in total. The number of nitrogens with one attached hydrogen (secondary N) is 2. The van der Waals surface area contributed by atoms with Crippen molar-refractivity contribution in [2.75, 3.05) is 20.6 Å². The molecule has 1 aromatic rings. The fourth-order valence-corrected chi connectivity index (χ4v) is 2.41. The number of piperidine rings is 1. The SMILES string of the molecule is CN(C)C(=O)c1ccc(CNC(=O)C2CCCCN2)cc1. The van der Waals surface area contributed by atoms with Gasteiger partial charge in [-0.1, -0.05) is 18.6 Å². The molecule has 21 heavy (non-hydrogen) atoms. The van der Waals surface area contributed by atoms with Crippen molar-refractivity contribution in [1.29, 1.82) is 0 Å². The first-order chi connectivity index (χ1) is 10.1. The highest BCUT2D eigenvalue weighted by molar-refractivity contribution is 5.93. The third-order valence-electron chi connectivity index (χ3n) is 3.70. The fraction of sp³-hybridized carbons (Fsp3) is 0.500. The van der Waals surface area contributed by atoms with Crippen molar-refractivity contribution < 1.29 is 9.59 Å². The van der Waals surface area contributed by atoms with Gasteiger partial charge in [-0.3, -0.25) is 9.59 Å². The summed E-state index contributed by atoms with van der Waals surface area (Å²) in [7, 11) is 3.46. The summed E-state index contributed by atoms with van der Waals surface area (Å²) >= 11 is 0. The van der Waals surface area contributed by atoms with E-state index in [9.17, 15) is 9.59 Å². The molecule has 1 heterocycles. The van der Waals surface area contributed by atoms with E-state index in [0.717, 1.165) is 31.4 Å². The van der Waals surface area contributed by atoms with Gasteiger partial charge in [0.05, 0.1) is 6.04 Å². The van der Waals surface area contributed by atoms with E-state index in [1.54, 1.807) is 31.1 Å². The lowest BCUT2D eigenvalue weighted by atomic mass is 10.0. The highest BCUT2D eigenvalue weighted by Gasteiger charge is 2.19. The molecular formula is C16H23N3O2. The lowest BCUT2D eigenvalue weighted by Gasteiger charge is -2.22. The van der Waals surface area contributed by atoms with E-state index < -0.39 is 0 Å². The van der Waals surface area contributed by atoms with Crippen LogP contribution in [0.1, 0.15) is 35.2 Å². The minimum atomic E-state index is -0.0617. The highest BCUT2D eigenvalue weighted by Crippen LogP contribution is 2.09. The number of hydrogen-bond acceptors (Lipinski definition) is 3. The third kappa shape index (κ3) is 4.29. The average Bonchev–Trinajstić information content (AvgIpc) is 2.53. The van der Waals surface area contributed by atoms with Crippen molar-refractivity contribution >= 4 is 11.8 Å². The summed E-state index contributed by atoms with van der Waals surface area (Å²) in [4.78, 5) is 25.3. The van der Waals surface area contributed by atoms with Gasteiger partial charge in [0.1, 0.15) is 0 Å². The van der Waals surface area contributed by atoms with Crippen molar-refractivity contribution in [3.05, 3.63) is 35.4 Å². The van der Waals surface area contributed by atoms with Crippen LogP contribution in [0.5, 0.6) is 0 Å². The lowest BCUT2D eigenvalue weighted by Crippen LogP contribution is -2.46. The van der Waals surface area contributed by atoms with Gasteiger partial charge in [0.15, 0.2) is 0 Å². The molecule has 0 saturated carbocycles. The Morgan fingerprint density at radius 1 is 1.24 bits per heavy atom. The smallest absolute Gasteiger partial charge is 0.253 e. The number of carbonyl (C=O) groups is 2. The van der Waals surface area contributed by atoms with Crippen LogP contribution in [-0.2, 0) is 11.3 Å². The van der Waals surface area contributed by atoms with Gasteiger partial charge in [-0.25, -0.2) is 0 Å². The van der Waals surface area contributed by atoms with Crippen LogP contribution in [0.2, 0.25) is 0 Å². The zero-order valence-electron chi connectivity index (χ0n) is 12.7. The molecule has 2 amide bonds. The van der Waals surface area contributed by atoms with E-state index in [2.05, 4.69) is 10.6 Å². The predicted octanol–water partition coefficient (Wildman–Crippen LogP) is 1.15. The molecule has 0 radical (unpaired) electrons. The van der Waals surface area contributed by atoms with Crippen molar-refractivity contribution in [2.24, 2.45) is 0 Å². The second-order valence-corrected chi connectivity index (χ2v) is 5.62. The zero-order valence-corrected chi connectivity index (χ0v) is 12.7. The average molecular weight is 289 g/mol. The first-order valence-corrected chi connectivity index (χ1v) is 7.39. The summed E-state index contributed by atoms with van der Waals surface area (Å²) in [5.41, 5.74) is 1.65. The second kappa shape index (κ2) is 7.22. The maximum atomic E-state index is 12.0. The topological polar surface area (TPSA) is 61.4 Å². The Labute approximate surface area is 125 Å². The first kappa shape index (κ1) is 15.5. The van der Waals surface area contributed by atoms with Gasteiger partial charge in [-0.05, 0) is 37.1 Å². The van der Waals surface area contributed by atoms with Crippen LogP contribution in [0.4, 0.5) is 0 Å². The van der Waals surface area contributed by atoms with Gasteiger partial charge < -0.3 is 15.5 Å². The van der Waals surface area contributed by atoms with Crippen LogP contribution >= 0.6 is 0 Å². The molecule has 1 aliphatic heterocycles. The molecule has 1 aromatic carbocycles. The number of nitrogens with zero attached hydrogens (tertiary/aromatic N) is 1. The molecule has 1 unspecified atom stereocenters. The van der Waals surface area contributed by atoms with Gasteiger partial charge in [0.25, 0.3) is 5.91 Å². The summed E-state index contributed by atoms with van der Waals surface area (Å²) in [6.07, 6.45) is 3.15. The van der Waals surface area contributed by atoms with Gasteiger partial charge in [-0.15, -0.1) is 0 Å². The van der Waals surface area contributed by atoms with E-state index in [-0.39, 0.29) is 17.9 Å². The van der Waals surface area contributed by atoms with E-state index in [1.807, 2.05) is 12.1 Å². The summed E-state index contributed by atoms with van der Waals surface area (Å²) in [6, 6.07) is 7.29. The van der Waals surface area contributed by atoms with E-state index >= 15 is 0 Å². The van der Waals surface area contributed by atoms with Crippen LogP contribution in [-0.4, -0.2) is 43.4 Å². The summed E-state index contributed by atoms with van der Waals surface area (Å²) < 4.78 is 0. The summed E-state index contributed by atoms with van der Waals surface area (Å²) in [5, 5.41) is 6.17. The molecule has 2 rings (SSSR count). The molecule has 5 heteroatoms. The Hall–Kier alpha value is -1.88. The molecule has 1 aliphatic rings. The molecule has 114 valence electrons. The molecule has 1 atom stereocenters. The van der Waals surface area contributed by atoms with E-state index in [4.69, 9.17) is 0 Å². The molecule has 0 aliphatic carbocycles. The van der Waals surface area contributed by atoms with Gasteiger partial charge in [-0.2, -0.15) is 0 Å². The fourth-order valence-electron chi connectivity index (χ4n) is 2.41. The molecular weight excluding hydrogens is 266 g/mol. The number of benzene rings is 1. The third-order valence-corrected chi connectivity index (χ3v) is 3.70. The lowest BCUT2D eigenvalue weighted by molar-refractivity contribution is -0.123. The summed E-state index contributed by atoms with van der Waals surface area (Å²) in [5.74, 6) is 0.0418. The normalized spacial score (nSPS) is 18.1. The molecule has 0 spiro atoms. The van der Waals surface area contributed by atoms with Crippen molar-refractivity contribution in [3.63, 3.8) is 0 Å². The first-order valence-electron chi connectivity index (χ1n) is 7.39. The summed E-state index contributed by atoms with van der Waals surface area (Å²) in [6.45, 7) is 1.41. The highest BCUT2D eigenvalue weighted by atomic mass is 16.2. The number of amides is 2. The Balaban J connectivity index is 1.86. The maximum Gasteiger partial charge on any atom is 0.253 e. The number of hydrogen-bond donors (Lipinski definition) is 2. The van der Waals surface area contributed by atoms with Crippen LogP contribution in [0.3, 0.4) is 0 Å². The molecule has 1 saturated heterocycles. The van der Waals surface area contributed by atoms with Crippen molar-refractivity contribution in [1.82, 2.24) is 15.5 Å². The standard InChI is InChI=1S/C16H23N3O2/c1-19(2)16(21)13-8-6-12(7-9-13)11-18-15(20)14-5-3-4-10-17-14/h6-9,14,17H,3-5,10-11H2,1-2H3,(H,18,20). The largest absolute Gasteiger partial charge is 0.351 e. The van der Waals surface area contributed by atoms with Gasteiger partial charge >= 0.3 is 0 Å². The van der Waals surface area contributed by atoms with E-state index in [0.29, 0.717) is 12.1 Å². The minimum absolute atomic E-state index is 0.0167. The van der Waals surface area contributed by atoms with Crippen LogP contribution in [0, 0.1) is 0 Å². The quantitative estimate of drug-likeness (QED) is 0.874. The number of rotatable bonds is 4. The van der Waals surface area contributed by atoms with Crippen LogP contribution in [0.15, 0.2) is 24.3 Å². The Bertz CT molecular complexity index is 491. The van der Waals surface area contributed by atoms with E-state index in [1.165, 1.54) is 0 Å². The minimum Gasteiger partial charge on any atom is -0.351 e. The van der Waals surface area contributed by atoms with Gasteiger partial charge in [0.2, 0.25) is 5.91 Å². The Morgan fingerprint density at radius 2 is 1.95 bits per heavy atom. The second-order valence-electron chi connectivity index (χ2n) is 5.62. The molecule has 0 aromatic heterocycles. The van der Waals surface area contributed by atoms with Crippen LogP contribution < -0.4 is 10.6 Å². The molecule has 5 nitrogen and oxygen atoms in total. The van der Waals surface area contributed by atoms with Crippen molar-refractivity contribution in [2.45, 2.75) is 31.8 Å². The Kier molecular flexibility index (Phi) is 5.33. The van der Waals surface area contributed by atoms with Crippen LogP contribution in [0.25, 0.3) is 0 Å². The predicted molar refractivity (Wildman–Crippen MR) is 81.9 cm³/mol. The monoisotopic (exact) mass is 289 g/mol. The van der Waals surface area contributed by atoms with Crippen molar-refractivity contribution in [3.8, 4) is 0 Å². The zero-order chi connectivity index (χ0) is 15.2. The number of carbonyl (C=O) groups excluding carboxylic acids is 2. The Morgan fingerprint density at radius 3 is 2.52 bits per heavy atom. The molecule has 0 bridgehead atoms.